The maximum atomic E-state index is 12.4. The van der Waals surface area contributed by atoms with Crippen molar-refractivity contribution in [2.24, 2.45) is 0 Å². The van der Waals surface area contributed by atoms with Crippen LogP contribution < -0.4 is 14.5 Å². The van der Waals surface area contributed by atoms with E-state index in [1.54, 1.807) is 41.3 Å². The van der Waals surface area contributed by atoms with Crippen molar-refractivity contribution in [2.75, 3.05) is 34.4 Å². The maximum Gasteiger partial charge on any atom is 0.255 e. The lowest BCUT2D eigenvalue weighted by Gasteiger charge is -2.17. The molecule has 1 aliphatic heterocycles. The van der Waals surface area contributed by atoms with Crippen LogP contribution in [0, 0.1) is 0 Å². The van der Waals surface area contributed by atoms with Crippen LogP contribution in [-0.4, -0.2) is 40.1 Å². The van der Waals surface area contributed by atoms with Gasteiger partial charge in [-0.15, -0.1) is 0 Å². The van der Waals surface area contributed by atoms with Crippen LogP contribution in [0.3, 0.4) is 0 Å². The van der Waals surface area contributed by atoms with E-state index in [1.807, 2.05) is 12.1 Å². The Morgan fingerprint density at radius 1 is 1.07 bits per heavy atom. The monoisotopic (exact) mass is 387 g/mol. The number of anilines is 3. The number of nitrogens with zero attached hydrogens (tertiary/aromatic N) is 2. The van der Waals surface area contributed by atoms with E-state index in [0.29, 0.717) is 23.4 Å². The van der Waals surface area contributed by atoms with Crippen molar-refractivity contribution >= 4 is 38.9 Å². The second-order valence-corrected chi connectivity index (χ2v) is 8.44. The van der Waals surface area contributed by atoms with E-state index in [4.69, 9.17) is 0 Å². The summed E-state index contributed by atoms with van der Waals surface area (Å²) < 4.78 is 24.3. The van der Waals surface area contributed by atoms with Crippen molar-refractivity contribution in [3.8, 4) is 0 Å². The molecule has 0 aromatic heterocycles. The van der Waals surface area contributed by atoms with E-state index >= 15 is 0 Å². The highest BCUT2D eigenvalue weighted by Crippen LogP contribution is 2.23. The number of sulfonamides is 1. The van der Waals surface area contributed by atoms with Crippen molar-refractivity contribution in [1.29, 1.82) is 0 Å². The number of nitrogens with one attached hydrogen (secondary N) is 1. The summed E-state index contributed by atoms with van der Waals surface area (Å²) in [5, 5.41) is 2.79. The standard InChI is InChI=1S/C19H21N3O4S/c1-21(27(2,25)26)16-9-5-14(6-10-16)19(24)20-15-7-11-17(12-8-15)22-13-3-4-18(22)23/h5-12H,3-4,13H2,1-2H3,(H,20,24). The first-order valence-electron chi connectivity index (χ1n) is 8.51. The smallest absolute Gasteiger partial charge is 0.255 e. The summed E-state index contributed by atoms with van der Waals surface area (Å²) >= 11 is 0. The highest BCUT2D eigenvalue weighted by atomic mass is 32.2. The van der Waals surface area contributed by atoms with E-state index in [0.717, 1.165) is 29.2 Å². The molecule has 0 saturated carbocycles. The Labute approximate surface area is 158 Å². The molecule has 1 fully saturated rings. The molecule has 2 aromatic rings. The fourth-order valence-corrected chi connectivity index (χ4v) is 3.37. The lowest BCUT2D eigenvalue weighted by Crippen LogP contribution is -2.24. The average Bonchev–Trinajstić information content (AvgIpc) is 3.07. The summed E-state index contributed by atoms with van der Waals surface area (Å²) in [6.45, 7) is 0.721. The maximum absolute atomic E-state index is 12.4. The van der Waals surface area contributed by atoms with Gasteiger partial charge in [0.25, 0.3) is 5.91 Å². The topological polar surface area (TPSA) is 86.8 Å². The van der Waals surface area contributed by atoms with Crippen molar-refractivity contribution in [2.45, 2.75) is 12.8 Å². The Hall–Kier alpha value is -2.87. The van der Waals surface area contributed by atoms with Crippen LogP contribution in [0.15, 0.2) is 48.5 Å². The van der Waals surface area contributed by atoms with Gasteiger partial charge in [0, 0.05) is 37.0 Å². The quantitative estimate of drug-likeness (QED) is 0.854. The normalized spacial score (nSPS) is 14.3. The van der Waals surface area contributed by atoms with Gasteiger partial charge < -0.3 is 10.2 Å². The van der Waals surface area contributed by atoms with Gasteiger partial charge in [0.2, 0.25) is 15.9 Å². The van der Waals surface area contributed by atoms with E-state index in [2.05, 4.69) is 5.32 Å². The molecule has 3 rings (SSSR count). The molecule has 2 aromatic carbocycles. The Morgan fingerprint density at radius 2 is 1.70 bits per heavy atom. The molecule has 2 amide bonds. The van der Waals surface area contributed by atoms with E-state index in [1.165, 1.54) is 7.05 Å². The molecule has 1 saturated heterocycles. The summed E-state index contributed by atoms with van der Waals surface area (Å²) in [5.74, 6) is -0.181. The summed E-state index contributed by atoms with van der Waals surface area (Å²) in [7, 11) is -1.89. The van der Waals surface area contributed by atoms with Gasteiger partial charge >= 0.3 is 0 Å². The molecule has 0 radical (unpaired) electrons. The lowest BCUT2D eigenvalue weighted by atomic mass is 10.2. The minimum atomic E-state index is -3.35. The summed E-state index contributed by atoms with van der Waals surface area (Å²) in [4.78, 5) is 25.9. The molecule has 1 aliphatic rings. The predicted octanol–water partition coefficient (Wildman–Crippen LogP) is 2.46. The molecule has 0 spiro atoms. The zero-order valence-corrected chi connectivity index (χ0v) is 16.0. The molecule has 0 bridgehead atoms. The van der Waals surface area contributed by atoms with Gasteiger partial charge in [0.05, 0.1) is 11.9 Å². The van der Waals surface area contributed by atoms with Gasteiger partial charge in [-0.3, -0.25) is 13.9 Å². The summed E-state index contributed by atoms with van der Waals surface area (Å²) in [5.41, 5.74) is 2.34. The van der Waals surface area contributed by atoms with Crippen LogP contribution in [0.5, 0.6) is 0 Å². The second-order valence-electron chi connectivity index (χ2n) is 6.43. The average molecular weight is 387 g/mol. The Balaban J connectivity index is 1.67. The zero-order valence-electron chi connectivity index (χ0n) is 15.2. The van der Waals surface area contributed by atoms with Gasteiger partial charge in [-0.05, 0) is 55.0 Å². The number of carbonyl (C=O) groups is 2. The number of benzene rings is 2. The van der Waals surface area contributed by atoms with E-state index in [9.17, 15) is 18.0 Å². The van der Waals surface area contributed by atoms with Crippen LogP contribution in [0.4, 0.5) is 17.1 Å². The minimum absolute atomic E-state index is 0.117. The molecule has 0 unspecified atom stereocenters. The zero-order chi connectivity index (χ0) is 19.6. The van der Waals surface area contributed by atoms with Crippen molar-refractivity contribution in [1.82, 2.24) is 0 Å². The largest absolute Gasteiger partial charge is 0.322 e. The number of hydrogen-bond donors (Lipinski definition) is 1. The minimum Gasteiger partial charge on any atom is -0.322 e. The molecule has 8 heteroatoms. The SMILES string of the molecule is CN(c1ccc(C(=O)Nc2ccc(N3CCCC3=O)cc2)cc1)S(C)(=O)=O. The Bertz CT molecular complexity index is 953. The van der Waals surface area contributed by atoms with Crippen LogP contribution >= 0.6 is 0 Å². The summed E-state index contributed by atoms with van der Waals surface area (Å²) in [6.07, 6.45) is 2.55. The third-order valence-corrected chi connectivity index (χ3v) is 5.71. The van der Waals surface area contributed by atoms with Gasteiger partial charge in [-0.1, -0.05) is 0 Å². The molecule has 0 atom stereocenters. The Kier molecular flexibility index (Phi) is 5.18. The molecule has 142 valence electrons. The van der Waals surface area contributed by atoms with Crippen LogP contribution in [-0.2, 0) is 14.8 Å². The number of carbonyl (C=O) groups excluding carboxylic acids is 2. The van der Waals surface area contributed by atoms with Gasteiger partial charge in [0.15, 0.2) is 0 Å². The third-order valence-electron chi connectivity index (χ3n) is 4.50. The van der Waals surface area contributed by atoms with Crippen molar-refractivity contribution < 1.29 is 18.0 Å². The number of hydrogen-bond acceptors (Lipinski definition) is 4. The predicted molar refractivity (Wildman–Crippen MR) is 106 cm³/mol. The van der Waals surface area contributed by atoms with Crippen LogP contribution in [0.2, 0.25) is 0 Å². The summed E-state index contributed by atoms with van der Waals surface area (Å²) in [6, 6.07) is 13.4. The fraction of sp³-hybridized carbons (Fsp3) is 0.263. The molecular weight excluding hydrogens is 366 g/mol. The van der Waals surface area contributed by atoms with E-state index in [-0.39, 0.29) is 11.8 Å². The van der Waals surface area contributed by atoms with E-state index < -0.39 is 10.0 Å². The second kappa shape index (κ2) is 7.40. The highest BCUT2D eigenvalue weighted by Gasteiger charge is 2.21. The number of rotatable bonds is 5. The highest BCUT2D eigenvalue weighted by molar-refractivity contribution is 7.92. The van der Waals surface area contributed by atoms with Crippen LogP contribution in [0.25, 0.3) is 0 Å². The van der Waals surface area contributed by atoms with Gasteiger partial charge in [0.1, 0.15) is 0 Å². The molecular formula is C19H21N3O4S. The third kappa shape index (κ3) is 4.28. The molecule has 0 aliphatic carbocycles. The lowest BCUT2D eigenvalue weighted by molar-refractivity contribution is -0.117. The molecule has 27 heavy (non-hydrogen) atoms. The number of amides is 2. The first kappa shape index (κ1) is 18.9. The van der Waals surface area contributed by atoms with Crippen LogP contribution in [0.1, 0.15) is 23.2 Å². The van der Waals surface area contributed by atoms with Crippen molar-refractivity contribution in [3.05, 3.63) is 54.1 Å². The van der Waals surface area contributed by atoms with Gasteiger partial charge in [-0.25, -0.2) is 8.42 Å². The first-order valence-corrected chi connectivity index (χ1v) is 10.4. The Morgan fingerprint density at radius 3 is 2.22 bits per heavy atom. The fourth-order valence-electron chi connectivity index (χ4n) is 2.86. The van der Waals surface area contributed by atoms with Gasteiger partial charge in [-0.2, -0.15) is 0 Å². The van der Waals surface area contributed by atoms with Crippen molar-refractivity contribution in [3.63, 3.8) is 0 Å². The molecule has 1 heterocycles. The first-order chi connectivity index (χ1) is 12.8. The molecule has 7 nitrogen and oxygen atoms in total. The molecule has 1 N–H and O–H groups in total.